The molecule has 2 amide bonds. The number of benzene rings is 1. The highest BCUT2D eigenvalue weighted by Gasteiger charge is 2.39. The second-order valence-corrected chi connectivity index (χ2v) is 5.95. The van der Waals surface area contributed by atoms with Crippen LogP contribution >= 0.6 is 11.6 Å². The van der Waals surface area contributed by atoms with Crippen molar-refractivity contribution in [2.45, 2.75) is 19.9 Å². The molecule has 0 fully saturated rings. The van der Waals surface area contributed by atoms with Crippen molar-refractivity contribution in [3.63, 3.8) is 0 Å². The average molecular weight is 368 g/mol. The van der Waals surface area contributed by atoms with E-state index in [1.165, 1.54) is 29.0 Å². The summed E-state index contributed by atoms with van der Waals surface area (Å²) in [5, 5.41) is 11.1. The van der Waals surface area contributed by atoms with Crippen LogP contribution in [0.4, 0.5) is 10.5 Å². The minimum absolute atomic E-state index is 0.0194. The molecule has 9 heteroatoms. The number of hydrogen-bond donors (Lipinski definition) is 0. The number of nitrogens with zero attached hydrogens (tertiary/aromatic N) is 3. The number of ether oxygens (including phenoxy) is 1. The van der Waals surface area contributed by atoms with Gasteiger partial charge >= 0.3 is 12.0 Å². The summed E-state index contributed by atoms with van der Waals surface area (Å²) in [6.45, 7) is 3.48. The van der Waals surface area contributed by atoms with Crippen LogP contribution in [0.15, 0.2) is 29.5 Å². The first-order valence-electron chi connectivity index (χ1n) is 7.52. The molecule has 1 aromatic rings. The lowest BCUT2D eigenvalue weighted by atomic mass is 9.93. The molecule has 134 valence electrons. The highest BCUT2D eigenvalue weighted by atomic mass is 35.5. The van der Waals surface area contributed by atoms with Crippen molar-refractivity contribution in [1.29, 1.82) is 0 Å². The van der Waals surface area contributed by atoms with E-state index < -0.39 is 16.9 Å². The van der Waals surface area contributed by atoms with Crippen molar-refractivity contribution in [2.24, 2.45) is 0 Å². The molecule has 0 spiro atoms. The van der Waals surface area contributed by atoms with Gasteiger partial charge in [-0.15, -0.1) is 0 Å². The van der Waals surface area contributed by atoms with Gasteiger partial charge < -0.3 is 14.5 Å². The van der Waals surface area contributed by atoms with Gasteiger partial charge in [-0.2, -0.15) is 0 Å². The van der Waals surface area contributed by atoms with Crippen LogP contribution in [0.2, 0.25) is 5.02 Å². The lowest BCUT2D eigenvalue weighted by Gasteiger charge is -2.39. The highest BCUT2D eigenvalue weighted by molar-refractivity contribution is 6.32. The minimum Gasteiger partial charge on any atom is -0.463 e. The minimum atomic E-state index is -0.807. The van der Waals surface area contributed by atoms with Gasteiger partial charge in [0.25, 0.3) is 5.69 Å². The molecular weight excluding hydrogens is 350 g/mol. The van der Waals surface area contributed by atoms with Crippen molar-refractivity contribution in [3.8, 4) is 0 Å². The summed E-state index contributed by atoms with van der Waals surface area (Å²) in [7, 11) is 3.07. The monoisotopic (exact) mass is 367 g/mol. The normalized spacial score (nSPS) is 17.8. The molecule has 0 aromatic heterocycles. The number of likely N-dealkylation sites (N-methyl/N-ethyl adjacent to an activating group) is 1. The van der Waals surface area contributed by atoms with Gasteiger partial charge in [-0.25, -0.2) is 9.59 Å². The van der Waals surface area contributed by atoms with Crippen LogP contribution in [0.3, 0.4) is 0 Å². The molecule has 8 nitrogen and oxygen atoms in total. The molecule has 0 aliphatic carbocycles. The smallest absolute Gasteiger partial charge is 0.338 e. The Morgan fingerprint density at radius 2 is 2.04 bits per heavy atom. The van der Waals surface area contributed by atoms with E-state index in [0.717, 1.165) is 0 Å². The molecule has 1 aliphatic rings. The Kier molecular flexibility index (Phi) is 5.32. The maximum Gasteiger partial charge on any atom is 0.338 e. The molecule has 1 heterocycles. The molecule has 1 aromatic carbocycles. The van der Waals surface area contributed by atoms with Crippen LogP contribution in [0, 0.1) is 10.1 Å². The molecule has 25 heavy (non-hydrogen) atoms. The fraction of sp³-hybridized carbons (Fsp3) is 0.375. The largest absolute Gasteiger partial charge is 0.463 e. The second-order valence-electron chi connectivity index (χ2n) is 5.54. The molecule has 0 bridgehead atoms. The summed E-state index contributed by atoms with van der Waals surface area (Å²) in [5.74, 6) is -0.575. The lowest BCUT2D eigenvalue weighted by Crippen LogP contribution is -2.47. The topological polar surface area (TPSA) is 93.0 Å². The Morgan fingerprint density at radius 1 is 1.40 bits per heavy atom. The third-order valence-corrected chi connectivity index (χ3v) is 4.44. The molecule has 1 atom stereocenters. The van der Waals surface area contributed by atoms with Crippen LogP contribution in [0.5, 0.6) is 0 Å². The quantitative estimate of drug-likeness (QED) is 0.463. The Morgan fingerprint density at radius 3 is 2.60 bits per heavy atom. The Bertz CT molecular complexity index is 777. The summed E-state index contributed by atoms with van der Waals surface area (Å²) in [6, 6.07) is 3.06. The number of hydrogen-bond acceptors (Lipinski definition) is 5. The van der Waals surface area contributed by atoms with E-state index in [9.17, 15) is 19.7 Å². The van der Waals surface area contributed by atoms with E-state index in [4.69, 9.17) is 16.3 Å². The van der Waals surface area contributed by atoms with Gasteiger partial charge in [0.05, 0.1) is 23.1 Å². The van der Waals surface area contributed by atoms with Gasteiger partial charge in [-0.3, -0.25) is 10.1 Å². The Hall–Kier alpha value is -2.61. The standard InChI is InChI=1S/C16H18ClN3O5/c1-5-25-15(21)13-9(2)18(3)16(22)19(4)14(13)10-6-7-11(17)12(8-10)20(23)24/h6-8,14H,5H2,1-4H3. The predicted molar refractivity (Wildman–Crippen MR) is 91.1 cm³/mol. The molecule has 1 unspecified atom stereocenters. The average Bonchev–Trinajstić information content (AvgIpc) is 2.56. The Balaban J connectivity index is 2.66. The van der Waals surface area contributed by atoms with E-state index in [1.54, 1.807) is 27.0 Å². The van der Waals surface area contributed by atoms with Crippen molar-refractivity contribution in [3.05, 3.63) is 50.2 Å². The summed E-state index contributed by atoms with van der Waals surface area (Å²) in [4.78, 5) is 38.1. The number of carbonyl (C=O) groups is 2. The number of nitro groups is 1. The number of allylic oxidation sites excluding steroid dienone is 1. The SMILES string of the molecule is CCOC(=O)C1=C(C)N(C)C(=O)N(C)C1c1ccc(Cl)c([N+](=O)[O-])c1. The number of amides is 2. The number of halogens is 1. The third-order valence-electron chi connectivity index (χ3n) is 4.12. The Labute approximate surface area is 149 Å². The molecular formula is C16H18ClN3O5. The van der Waals surface area contributed by atoms with Gasteiger partial charge in [-0.1, -0.05) is 17.7 Å². The predicted octanol–water partition coefficient (Wildman–Crippen LogP) is 3.12. The maximum absolute atomic E-state index is 12.5. The van der Waals surface area contributed by atoms with Gasteiger partial charge in [0.2, 0.25) is 0 Å². The molecule has 0 saturated carbocycles. The summed E-state index contributed by atoms with van der Waals surface area (Å²) in [5.41, 5.74) is 0.800. The lowest BCUT2D eigenvalue weighted by molar-refractivity contribution is -0.384. The van der Waals surface area contributed by atoms with E-state index in [0.29, 0.717) is 11.3 Å². The van der Waals surface area contributed by atoms with Crippen LogP contribution in [0.1, 0.15) is 25.5 Å². The maximum atomic E-state index is 12.5. The van der Waals surface area contributed by atoms with Crippen molar-refractivity contribution in [1.82, 2.24) is 9.80 Å². The summed E-state index contributed by atoms with van der Waals surface area (Å²) in [6.07, 6.45) is 0. The van der Waals surface area contributed by atoms with Crippen molar-refractivity contribution >= 4 is 29.3 Å². The van der Waals surface area contributed by atoms with Crippen LogP contribution in [0.25, 0.3) is 0 Å². The second kappa shape index (κ2) is 7.10. The molecule has 2 rings (SSSR count). The zero-order valence-electron chi connectivity index (χ0n) is 14.3. The number of nitro benzene ring substituents is 1. The number of rotatable bonds is 4. The van der Waals surface area contributed by atoms with Gasteiger partial charge in [0, 0.05) is 25.9 Å². The first kappa shape index (κ1) is 18.7. The van der Waals surface area contributed by atoms with E-state index in [-0.39, 0.29) is 28.9 Å². The summed E-state index contributed by atoms with van der Waals surface area (Å²) >= 11 is 5.86. The number of urea groups is 1. The zero-order valence-corrected chi connectivity index (χ0v) is 15.0. The third kappa shape index (κ3) is 3.30. The van der Waals surface area contributed by atoms with Crippen molar-refractivity contribution < 1.29 is 19.2 Å². The van der Waals surface area contributed by atoms with E-state index in [1.807, 2.05) is 0 Å². The fourth-order valence-electron chi connectivity index (χ4n) is 2.76. The van der Waals surface area contributed by atoms with E-state index in [2.05, 4.69) is 0 Å². The van der Waals surface area contributed by atoms with Gasteiger partial charge in [0.15, 0.2) is 0 Å². The fourth-order valence-corrected chi connectivity index (χ4v) is 2.95. The molecule has 0 N–H and O–H groups in total. The number of carbonyl (C=O) groups excluding carboxylic acids is 2. The molecule has 0 radical (unpaired) electrons. The van der Waals surface area contributed by atoms with Crippen LogP contribution in [-0.2, 0) is 9.53 Å². The summed E-state index contributed by atoms with van der Waals surface area (Å²) < 4.78 is 5.12. The zero-order chi connectivity index (χ0) is 18.9. The van der Waals surface area contributed by atoms with Crippen LogP contribution < -0.4 is 0 Å². The highest BCUT2D eigenvalue weighted by Crippen LogP contribution is 2.38. The number of esters is 1. The van der Waals surface area contributed by atoms with Crippen molar-refractivity contribution in [2.75, 3.05) is 20.7 Å². The first-order valence-corrected chi connectivity index (χ1v) is 7.90. The van der Waals surface area contributed by atoms with E-state index >= 15 is 0 Å². The molecule has 0 saturated heterocycles. The van der Waals surface area contributed by atoms with Crippen LogP contribution in [-0.4, -0.2) is 47.4 Å². The van der Waals surface area contributed by atoms with Gasteiger partial charge in [0.1, 0.15) is 5.02 Å². The molecule has 1 aliphatic heterocycles. The first-order chi connectivity index (χ1) is 11.7. The van der Waals surface area contributed by atoms with Gasteiger partial charge in [-0.05, 0) is 25.5 Å².